The molecule has 0 aliphatic carbocycles. The largest absolute Gasteiger partial charge is 0.493 e. The van der Waals surface area contributed by atoms with Gasteiger partial charge in [0.05, 0.1) is 16.7 Å². The molecule has 3 nitrogen and oxygen atoms in total. The molecule has 0 radical (unpaired) electrons. The maximum atomic E-state index is 6.09. The Morgan fingerprint density at radius 3 is 2.95 bits per heavy atom. The van der Waals surface area contributed by atoms with Gasteiger partial charge in [0.1, 0.15) is 11.6 Å². The van der Waals surface area contributed by atoms with Gasteiger partial charge in [0.2, 0.25) is 0 Å². The molecule has 0 spiro atoms. The Bertz CT molecular complexity index is 664. The Hall–Kier alpha value is -0.970. The van der Waals surface area contributed by atoms with Crippen LogP contribution in [-0.2, 0) is 13.0 Å². The predicted molar refractivity (Wildman–Crippen MR) is 84.9 cm³/mol. The van der Waals surface area contributed by atoms with Crippen LogP contribution in [0.2, 0.25) is 10.0 Å². The zero-order chi connectivity index (χ0) is 14.1. The molecule has 0 bridgehead atoms. The first kappa shape index (κ1) is 14.0. The number of aromatic nitrogens is 1. The van der Waals surface area contributed by atoms with Gasteiger partial charge in [0, 0.05) is 29.2 Å². The monoisotopic (exact) mass is 372 g/mol. The summed E-state index contributed by atoms with van der Waals surface area (Å²) in [5, 5.41) is 4.24. The number of fused-ring (bicyclic) bond motifs is 1. The zero-order valence-corrected chi connectivity index (χ0v) is 13.5. The van der Waals surface area contributed by atoms with Crippen LogP contribution in [0.25, 0.3) is 0 Å². The number of hydrogen-bond donors (Lipinski definition) is 1. The molecule has 20 heavy (non-hydrogen) atoms. The highest BCUT2D eigenvalue weighted by Gasteiger charge is 2.17. The van der Waals surface area contributed by atoms with Crippen molar-refractivity contribution in [3.8, 4) is 5.75 Å². The van der Waals surface area contributed by atoms with Crippen molar-refractivity contribution in [1.29, 1.82) is 0 Å². The highest BCUT2D eigenvalue weighted by Crippen LogP contribution is 2.33. The second kappa shape index (κ2) is 5.80. The number of nitrogens with zero attached hydrogens (tertiary/aromatic N) is 1. The van der Waals surface area contributed by atoms with Gasteiger partial charge in [-0.25, -0.2) is 4.98 Å². The van der Waals surface area contributed by atoms with Crippen LogP contribution >= 0.6 is 39.1 Å². The number of hydrogen-bond acceptors (Lipinski definition) is 3. The van der Waals surface area contributed by atoms with E-state index in [1.165, 1.54) is 5.56 Å². The Balaban J connectivity index is 1.82. The molecule has 1 aliphatic heterocycles. The molecule has 6 heteroatoms. The van der Waals surface area contributed by atoms with Crippen LogP contribution < -0.4 is 10.1 Å². The van der Waals surface area contributed by atoms with E-state index in [0.717, 1.165) is 28.8 Å². The van der Waals surface area contributed by atoms with Crippen LogP contribution in [0.15, 0.2) is 28.9 Å². The standard InChI is InChI=1S/C14H11BrCl2N2O/c15-10-3-8-1-2-20-13(8)9(4-10)6-18-14-12(17)5-11(16)7-19-14/h3-5,7H,1-2,6H2,(H,18,19). The van der Waals surface area contributed by atoms with E-state index in [0.29, 0.717) is 22.4 Å². The van der Waals surface area contributed by atoms with E-state index in [1.807, 2.05) is 6.07 Å². The average molecular weight is 374 g/mol. The second-order valence-corrected chi connectivity index (χ2v) is 6.25. The fourth-order valence-corrected chi connectivity index (χ4v) is 3.20. The third-order valence-electron chi connectivity index (χ3n) is 3.08. The lowest BCUT2D eigenvalue weighted by Crippen LogP contribution is -2.03. The van der Waals surface area contributed by atoms with E-state index in [2.05, 4.69) is 32.3 Å². The highest BCUT2D eigenvalue weighted by atomic mass is 79.9. The molecule has 0 amide bonds. The summed E-state index contributed by atoms with van der Waals surface area (Å²) >= 11 is 15.4. The molecule has 1 aliphatic rings. The fourth-order valence-electron chi connectivity index (χ4n) is 2.20. The van der Waals surface area contributed by atoms with Crippen molar-refractivity contribution in [2.24, 2.45) is 0 Å². The van der Waals surface area contributed by atoms with Crippen molar-refractivity contribution in [3.05, 3.63) is 50.0 Å². The Morgan fingerprint density at radius 2 is 2.15 bits per heavy atom. The minimum atomic E-state index is 0.505. The molecule has 0 saturated heterocycles. The van der Waals surface area contributed by atoms with E-state index < -0.39 is 0 Å². The Labute approximate surface area is 135 Å². The van der Waals surface area contributed by atoms with E-state index in [9.17, 15) is 0 Å². The first-order chi connectivity index (χ1) is 9.63. The minimum Gasteiger partial charge on any atom is -0.493 e. The van der Waals surface area contributed by atoms with Crippen LogP contribution in [0.3, 0.4) is 0 Å². The molecule has 1 aromatic carbocycles. The van der Waals surface area contributed by atoms with Crippen LogP contribution in [0.4, 0.5) is 5.82 Å². The number of halogens is 3. The minimum absolute atomic E-state index is 0.505. The summed E-state index contributed by atoms with van der Waals surface area (Å²) in [5.41, 5.74) is 2.31. The van der Waals surface area contributed by atoms with Gasteiger partial charge in [-0.15, -0.1) is 0 Å². The zero-order valence-electron chi connectivity index (χ0n) is 10.4. The van der Waals surface area contributed by atoms with E-state index >= 15 is 0 Å². The fraction of sp³-hybridized carbons (Fsp3) is 0.214. The Kier molecular flexibility index (Phi) is 4.06. The molecule has 1 aromatic heterocycles. The second-order valence-electron chi connectivity index (χ2n) is 4.49. The van der Waals surface area contributed by atoms with Gasteiger partial charge in [-0.2, -0.15) is 0 Å². The summed E-state index contributed by atoms with van der Waals surface area (Å²) in [6, 6.07) is 5.81. The highest BCUT2D eigenvalue weighted by molar-refractivity contribution is 9.10. The molecule has 0 saturated carbocycles. The average Bonchev–Trinajstić information content (AvgIpc) is 2.85. The normalized spacial score (nSPS) is 12.9. The summed E-state index contributed by atoms with van der Waals surface area (Å²) < 4.78 is 6.74. The summed E-state index contributed by atoms with van der Waals surface area (Å²) in [6.45, 7) is 1.33. The number of ether oxygens (including phenoxy) is 1. The van der Waals surface area contributed by atoms with Gasteiger partial charge in [0.25, 0.3) is 0 Å². The topological polar surface area (TPSA) is 34.2 Å². The van der Waals surface area contributed by atoms with Crippen molar-refractivity contribution >= 4 is 44.9 Å². The Morgan fingerprint density at radius 1 is 1.30 bits per heavy atom. The van der Waals surface area contributed by atoms with Gasteiger partial charge in [-0.05, 0) is 23.8 Å². The van der Waals surface area contributed by atoms with Crippen molar-refractivity contribution in [3.63, 3.8) is 0 Å². The maximum absolute atomic E-state index is 6.09. The van der Waals surface area contributed by atoms with Crippen LogP contribution in [0, 0.1) is 0 Å². The number of rotatable bonds is 3. The lowest BCUT2D eigenvalue weighted by Gasteiger charge is -2.11. The summed E-state index contributed by atoms with van der Waals surface area (Å²) in [4.78, 5) is 4.18. The van der Waals surface area contributed by atoms with E-state index in [1.54, 1.807) is 12.3 Å². The molecule has 3 rings (SSSR count). The predicted octanol–water partition coefficient (Wildman–Crippen LogP) is 4.70. The molecular weight excluding hydrogens is 363 g/mol. The molecule has 2 aromatic rings. The quantitative estimate of drug-likeness (QED) is 0.846. The van der Waals surface area contributed by atoms with Gasteiger partial charge < -0.3 is 10.1 Å². The third kappa shape index (κ3) is 2.87. The van der Waals surface area contributed by atoms with Crippen LogP contribution in [0.5, 0.6) is 5.75 Å². The van der Waals surface area contributed by atoms with Crippen molar-refractivity contribution in [2.45, 2.75) is 13.0 Å². The first-order valence-electron chi connectivity index (χ1n) is 6.12. The van der Waals surface area contributed by atoms with Gasteiger partial charge in [-0.3, -0.25) is 0 Å². The molecular formula is C14H11BrCl2N2O. The summed E-state index contributed by atoms with van der Waals surface area (Å²) in [6.07, 6.45) is 2.51. The first-order valence-corrected chi connectivity index (χ1v) is 7.67. The molecule has 0 fully saturated rings. The van der Waals surface area contributed by atoms with Gasteiger partial charge >= 0.3 is 0 Å². The molecule has 0 atom stereocenters. The SMILES string of the molecule is Clc1cnc(NCc2cc(Br)cc3c2OCC3)c(Cl)c1. The van der Waals surface area contributed by atoms with E-state index in [4.69, 9.17) is 27.9 Å². The summed E-state index contributed by atoms with van der Waals surface area (Å²) in [5.74, 6) is 1.58. The number of nitrogens with one attached hydrogen (secondary N) is 1. The smallest absolute Gasteiger partial charge is 0.145 e. The van der Waals surface area contributed by atoms with Crippen molar-refractivity contribution < 1.29 is 4.74 Å². The number of pyridine rings is 1. The number of benzene rings is 1. The van der Waals surface area contributed by atoms with Gasteiger partial charge in [0.15, 0.2) is 0 Å². The molecule has 0 unspecified atom stereocenters. The van der Waals surface area contributed by atoms with E-state index in [-0.39, 0.29) is 0 Å². The van der Waals surface area contributed by atoms with Crippen LogP contribution in [0.1, 0.15) is 11.1 Å². The molecule has 104 valence electrons. The maximum Gasteiger partial charge on any atom is 0.145 e. The van der Waals surface area contributed by atoms with Crippen LogP contribution in [-0.4, -0.2) is 11.6 Å². The van der Waals surface area contributed by atoms with Crippen molar-refractivity contribution in [1.82, 2.24) is 4.98 Å². The van der Waals surface area contributed by atoms with Gasteiger partial charge in [-0.1, -0.05) is 39.1 Å². The van der Waals surface area contributed by atoms with Crippen molar-refractivity contribution in [2.75, 3.05) is 11.9 Å². The lowest BCUT2D eigenvalue weighted by molar-refractivity contribution is 0.354. The number of anilines is 1. The molecule has 2 heterocycles. The lowest BCUT2D eigenvalue weighted by atomic mass is 10.1. The molecule has 1 N–H and O–H groups in total. The summed E-state index contributed by atoms with van der Waals surface area (Å²) in [7, 11) is 0. The third-order valence-corrected chi connectivity index (χ3v) is 4.03.